The molecule has 0 bridgehead atoms. The highest BCUT2D eigenvalue weighted by Crippen LogP contribution is 2.35. The van der Waals surface area contributed by atoms with Crippen LogP contribution in [0.1, 0.15) is 4.88 Å². The third-order valence-electron chi connectivity index (χ3n) is 4.27. The molecule has 0 saturated carbocycles. The van der Waals surface area contributed by atoms with Crippen molar-refractivity contribution in [2.75, 3.05) is 50.7 Å². The minimum Gasteiger partial charge on any atom is -0.384 e. The van der Waals surface area contributed by atoms with Crippen LogP contribution in [0.15, 0.2) is 30.5 Å². The minimum absolute atomic E-state index is 0.481. The van der Waals surface area contributed by atoms with E-state index in [0.717, 1.165) is 39.6 Å². The highest BCUT2D eigenvalue weighted by Gasteiger charge is 2.19. The Labute approximate surface area is 161 Å². The van der Waals surface area contributed by atoms with Gasteiger partial charge in [0.2, 0.25) is 0 Å². The molecule has 0 spiro atoms. The maximum atomic E-state index is 5.71. The molecule has 3 aromatic rings. The summed E-state index contributed by atoms with van der Waals surface area (Å²) < 4.78 is 11.7. The number of methoxy groups -OCH3 is 1. The van der Waals surface area contributed by atoms with E-state index in [1.165, 1.54) is 0 Å². The number of hydrogen-bond donors (Lipinski definition) is 1. The van der Waals surface area contributed by atoms with Crippen LogP contribution in [-0.4, -0.2) is 55.0 Å². The number of morpholine rings is 1. The third-order valence-corrected chi connectivity index (χ3v) is 5.36. The average molecular weight is 383 g/mol. The van der Waals surface area contributed by atoms with Crippen molar-refractivity contribution in [3.05, 3.63) is 35.3 Å². The summed E-state index contributed by atoms with van der Waals surface area (Å²) >= 11 is 1.69. The first-order valence-electron chi connectivity index (χ1n) is 8.76. The molecule has 1 fully saturated rings. The lowest BCUT2D eigenvalue weighted by Gasteiger charge is -2.28. The Hall–Kier alpha value is -2.55. The van der Waals surface area contributed by atoms with Crippen LogP contribution in [0.3, 0.4) is 0 Å². The molecule has 7 nitrogen and oxygen atoms in total. The van der Waals surface area contributed by atoms with Gasteiger partial charge in [0, 0.05) is 36.8 Å². The van der Waals surface area contributed by atoms with Crippen LogP contribution in [0.25, 0.3) is 27.7 Å². The van der Waals surface area contributed by atoms with Gasteiger partial charge in [0.15, 0.2) is 11.6 Å². The van der Waals surface area contributed by atoms with Gasteiger partial charge in [-0.2, -0.15) is 0 Å². The quantitative estimate of drug-likeness (QED) is 0.725. The lowest BCUT2D eigenvalue weighted by molar-refractivity contribution is 0.122. The molecule has 27 heavy (non-hydrogen) atoms. The van der Waals surface area contributed by atoms with Crippen LogP contribution < -0.4 is 10.6 Å². The van der Waals surface area contributed by atoms with E-state index >= 15 is 0 Å². The zero-order valence-corrected chi connectivity index (χ0v) is 15.9. The molecule has 0 atom stereocenters. The molecule has 3 aromatic heterocycles. The Morgan fingerprint density at radius 2 is 2.15 bits per heavy atom. The predicted octanol–water partition coefficient (Wildman–Crippen LogP) is 2.83. The zero-order valence-electron chi connectivity index (χ0n) is 15.1. The SMILES string of the molecule is COC/C=C/c1cc2nc(-c3ccc(N)nc3)nc(N3CCOCC3)c2s1. The van der Waals surface area contributed by atoms with E-state index in [4.69, 9.17) is 25.2 Å². The number of anilines is 2. The van der Waals surface area contributed by atoms with Gasteiger partial charge in [-0.15, -0.1) is 11.3 Å². The molecule has 0 aliphatic carbocycles. The highest BCUT2D eigenvalue weighted by atomic mass is 32.1. The molecular weight excluding hydrogens is 362 g/mol. The largest absolute Gasteiger partial charge is 0.384 e. The number of nitrogen functional groups attached to an aromatic ring is 1. The number of hydrogen-bond acceptors (Lipinski definition) is 8. The van der Waals surface area contributed by atoms with Crippen LogP contribution >= 0.6 is 11.3 Å². The Morgan fingerprint density at radius 1 is 1.30 bits per heavy atom. The van der Waals surface area contributed by atoms with Crippen LogP contribution in [0.4, 0.5) is 11.6 Å². The van der Waals surface area contributed by atoms with Crippen molar-refractivity contribution in [2.24, 2.45) is 0 Å². The number of nitrogens with zero attached hydrogens (tertiary/aromatic N) is 4. The van der Waals surface area contributed by atoms with Crippen molar-refractivity contribution in [3.63, 3.8) is 0 Å². The fourth-order valence-corrected chi connectivity index (χ4v) is 3.98. The average Bonchev–Trinajstić information content (AvgIpc) is 3.11. The number of rotatable bonds is 5. The Kier molecular flexibility index (Phi) is 5.28. The van der Waals surface area contributed by atoms with E-state index < -0.39 is 0 Å². The molecule has 8 heteroatoms. The predicted molar refractivity (Wildman–Crippen MR) is 109 cm³/mol. The van der Waals surface area contributed by atoms with Crippen molar-refractivity contribution >= 4 is 39.3 Å². The summed E-state index contributed by atoms with van der Waals surface area (Å²) in [5, 5.41) is 0. The number of pyridine rings is 1. The summed E-state index contributed by atoms with van der Waals surface area (Å²) in [5.41, 5.74) is 7.49. The number of fused-ring (bicyclic) bond motifs is 1. The molecule has 0 amide bonds. The normalized spacial score (nSPS) is 15.1. The molecule has 0 aromatic carbocycles. The van der Waals surface area contributed by atoms with E-state index in [1.807, 2.05) is 12.1 Å². The van der Waals surface area contributed by atoms with E-state index in [1.54, 1.807) is 30.7 Å². The number of nitrogens with two attached hydrogens (primary N) is 1. The second kappa shape index (κ2) is 7.99. The third kappa shape index (κ3) is 3.92. The van der Waals surface area contributed by atoms with Gasteiger partial charge in [0.1, 0.15) is 5.82 Å². The Balaban J connectivity index is 1.81. The maximum Gasteiger partial charge on any atom is 0.163 e. The summed E-state index contributed by atoms with van der Waals surface area (Å²) in [5.74, 6) is 2.09. The summed E-state index contributed by atoms with van der Waals surface area (Å²) in [4.78, 5) is 17.2. The lowest BCUT2D eigenvalue weighted by Crippen LogP contribution is -2.36. The summed E-state index contributed by atoms with van der Waals surface area (Å²) in [6.07, 6.45) is 5.77. The second-order valence-corrected chi connectivity index (χ2v) is 7.25. The lowest BCUT2D eigenvalue weighted by atomic mass is 10.2. The van der Waals surface area contributed by atoms with Crippen molar-refractivity contribution in [2.45, 2.75) is 0 Å². The first kappa shape index (κ1) is 17.8. The van der Waals surface area contributed by atoms with Crippen molar-refractivity contribution in [1.29, 1.82) is 0 Å². The van der Waals surface area contributed by atoms with Crippen LogP contribution in [-0.2, 0) is 9.47 Å². The van der Waals surface area contributed by atoms with Crippen LogP contribution in [0.2, 0.25) is 0 Å². The molecule has 4 heterocycles. The number of ether oxygens (including phenoxy) is 2. The smallest absolute Gasteiger partial charge is 0.163 e. The molecule has 1 aliphatic heterocycles. The molecule has 140 valence electrons. The fourth-order valence-electron chi connectivity index (χ4n) is 2.93. The van der Waals surface area contributed by atoms with Gasteiger partial charge in [-0.3, -0.25) is 0 Å². The molecule has 0 radical (unpaired) electrons. The molecule has 2 N–H and O–H groups in total. The second-order valence-electron chi connectivity index (χ2n) is 6.16. The number of aromatic nitrogens is 3. The standard InChI is InChI=1S/C19H21N5O2S/c1-25-8-2-3-14-11-15-17(27-14)19(24-6-9-26-10-7-24)23-18(22-15)13-4-5-16(20)21-12-13/h2-5,11-12H,6-10H2,1H3,(H2,20,21)/b3-2+. The van der Waals surface area contributed by atoms with Crippen molar-refractivity contribution < 1.29 is 9.47 Å². The molecule has 1 saturated heterocycles. The highest BCUT2D eigenvalue weighted by molar-refractivity contribution is 7.20. The summed E-state index contributed by atoms with van der Waals surface area (Å²) in [7, 11) is 1.68. The Morgan fingerprint density at radius 3 is 2.89 bits per heavy atom. The van der Waals surface area contributed by atoms with Crippen LogP contribution in [0.5, 0.6) is 0 Å². The van der Waals surface area contributed by atoms with Gasteiger partial charge in [0.05, 0.1) is 30.0 Å². The van der Waals surface area contributed by atoms with Gasteiger partial charge in [0.25, 0.3) is 0 Å². The van der Waals surface area contributed by atoms with Gasteiger partial charge >= 0.3 is 0 Å². The van der Waals surface area contributed by atoms with Crippen molar-refractivity contribution in [3.8, 4) is 11.4 Å². The number of thiophene rings is 1. The van der Waals surface area contributed by atoms with E-state index in [2.05, 4.69) is 22.0 Å². The van der Waals surface area contributed by atoms with E-state index in [0.29, 0.717) is 31.5 Å². The Bertz CT molecular complexity index is 949. The van der Waals surface area contributed by atoms with Gasteiger partial charge in [-0.25, -0.2) is 15.0 Å². The van der Waals surface area contributed by atoms with E-state index in [9.17, 15) is 0 Å². The fraction of sp³-hybridized carbons (Fsp3) is 0.316. The molecular formula is C19H21N5O2S. The van der Waals surface area contributed by atoms with Gasteiger partial charge in [-0.1, -0.05) is 6.08 Å². The molecule has 4 rings (SSSR count). The topological polar surface area (TPSA) is 86.4 Å². The van der Waals surface area contributed by atoms with Gasteiger partial charge in [-0.05, 0) is 24.3 Å². The molecule has 1 aliphatic rings. The first-order valence-corrected chi connectivity index (χ1v) is 9.58. The zero-order chi connectivity index (χ0) is 18.6. The molecule has 0 unspecified atom stereocenters. The van der Waals surface area contributed by atoms with Gasteiger partial charge < -0.3 is 20.1 Å². The summed E-state index contributed by atoms with van der Waals surface area (Å²) in [6, 6.07) is 5.76. The van der Waals surface area contributed by atoms with E-state index in [-0.39, 0.29) is 0 Å². The monoisotopic (exact) mass is 383 g/mol. The van der Waals surface area contributed by atoms with Crippen molar-refractivity contribution in [1.82, 2.24) is 15.0 Å². The first-order chi connectivity index (χ1) is 13.2. The van der Waals surface area contributed by atoms with Crippen LogP contribution in [0, 0.1) is 0 Å². The summed E-state index contributed by atoms with van der Waals surface area (Å²) in [6.45, 7) is 3.63. The maximum absolute atomic E-state index is 5.71. The minimum atomic E-state index is 0.481.